The number of carbonyl (C=O) groups is 1. The molecule has 0 spiro atoms. The summed E-state index contributed by atoms with van der Waals surface area (Å²) in [6.07, 6.45) is 2.21. The van der Waals surface area contributed by atoms with Crippen molar-refractivity contribution in [3.8, 4) is 0 Å². The molecular formula is C17H21ClN4O3S. The number of halogens is 1. The van der Waals surface area contributed by atoms with Gasteiger partial charge in [0.15, 0.2) is 5.69 Å². The average molecular weight is 397 g/mol. The highest BCUT2D eigenvalue weighted by Crippen LogP contribution is 2.39. The smallest absolute Gasteiger partial charge is 0.276 e. The van der Waals surface area contributed by atoms with Gasteiger partial charge in [0, 0.05) is 30.4 Å². The van der Waals surface area contributed by atoms with Crippen LogP contribution in [0.3, 0.4) is 0 Å². The normalized spacial score (nSPS) is 14.6. The zero-order valence-corrected chi connectivity index (χ0v) is 16.2. The molecule has 1 heterocycles. The minimum absolute atomic E-state index is 0.0265. The molecule has 1 aromatic heterocycles. The van der Waals surface area contributed by atoms with Gasteiger partial charge in [0.05, 0.1) is 5.02 Å². The van der Waals surface area contributed by atoms with Gasteiger partial charge in [-0.3, -0.25) is 9.89 Å². The number of carbonyl (C=O) groups excluding carboxylic acids is 1. The lowest BCUT2D eigenvalue weighted by Gasteiger charge is -2.19. The Morgan fingerprint density at radius 1 is 1.31 bits per heavy atom. The quantitative estimate of drug-likeness (QED) is 0.751. The number of hydrogen-bond acceptors (Lipinski definition) is 4. The number of nitrogens with one attached hydrogen (secondary N) is 2. The number of anilines is 1. The highest BCUT2D eigenvalue weighted by Gasteiger charge is 2.27. The van der Waals surface area contributed by atoms with E-state index in [1.54, 1.807) is 26.0 Å². The van der Waals surface area contributed by atoms with Crippen LogP contribution in [0.1, 0.15) is 48.8 Å². The van der Waals surface area contributed by atoms with E-state index in [0.717, 1.165) is 18.5 Å². The molecule has 1 saturated carbocycles. The van der Waals surface area contributed by atoms with Crippen LogP contribution in [-0.4, -0.2) is 41.9 Å². The summed E-state index contributed by atoms with van der Waals surface area (Å²) in [5.41, 5.74) is 1.58. The lowest BCUT2D eigenvalue weighted by Crippen LogP contribution is -2.30. The second-order valence-corrected chi connectivity index (χ2v) is 8.49. The molecule has 1 aromatic carbocycles. The number of aromatic amines is 1. The van der Waals surface area contributed by atoms with E-state index in [1.165, 1.54) is 16.4 Å². The van der Waals surface area contributed by atoms with Gasteiger partial charge in [-0.2, -0.15) is 9.40 Å². The van der Waals surface area contributed by atoms with Crippen molar-refractivity contribution in [1.29, 1.82) is 0 Å². The molecule has 0 radical (unpaired) electrons. The van der Waals surface area contributed by atoms with Gasteiger partial charge in [0.1, 0.15) is 4.90 Å². The molecule has 2 N–H and O–H groups in total. The van der Waals surface area contributed by atoms with Crippen molar-refractivity contribution in [1.82, 2.24) is 14.5 Å². The molecule has 1 aliphatic carbocycles. The fraction of sp³-hybridized carbons (Fsp3) is 0.412. The van der Waals surface area contributed by atoms with Crippen LogP contribution in [0.4, 0.5) is 5.69 Å². The van der Waals surface area contributed by atoms with E-state index < -0.39 is 15.9 Å². The first-order valence-electron chi connectivity index (χ1n) is 8.53. The summed E-state index contributed by atoms with van der Waals surface area (Å²) >= 11 is 6.10. The summed E-state index contributed by atoms with van der Waals surface area (Å²) in [6.45, 7) is 4.19. The maximum Gasteiger partial charge on any atom is 0.276 e. The third-order valence-corrected chi connectivity index (χ3v) is 6.89. The number of amides is 1. The number of H-pyrrole nitrogens is 1. The van der Waals surface area contributed by atoms with Crippen LogP contribution in [0.15, 0.2) is 29.2 Å². The molecule has 9 heteroatoms. The number of rotatable bonds is 7. The highest BCUT2D eigenvalue weighted by molar-refractivity contribution is 7.89. The number of nitrogens with zero attached hydrogens (tertiary/aromatic N) is 2. The summed E-state index contributed by atoms with van der Waals surface area (Å²) in [5, 5.41) is 9.70. The predicted octanol–water partition coefficient (Wildman–Crippen LogP) is 3.22. The molecule has 3 rings (SSSR count). The molecule has 1 amide bonds. The van der Waals surface area contributed by atoms with Crippen LogP contribution in [0, 0.1) is 0 Å². The van der Waals surface area contributed by atoms with Crippen LogP contribution < -0.4 is 5.32 Å². The van der Waals surface area contributed by atoms with Crippen LogP contribution >= 0.6 is 11.6 Å². The second-order valence-electron chi connectivity index (χ2n) is 6.17. The topological polar surface area (TPSA) is 95.2 Å². The predicted molar refractivity (Wildman–Crippen MR) is 100 cm³/mol. The minimum Gasteiger partial charge on any atom is -0.321 e. The number of sulfonamides is 1. The monoisotopic (exact) mass is 396 g/mol. The van der Waals surface area contributed by atoms with Crippen LogP contribution in [0.25, 0.3) is 0 Å². The Morgan fingerprint density at radius 3 is 2.62 bits per heavy atom. The lowest BCUT2D eigenvalue weighted by molar-refractivity contribution is 0.102. The van der Waals surface area contributed by atoms with Gasteiger partial charge in [0.2, 0.25) is 10.0 Å². The molecule has 140 valence electrons. The lowest BCUT2D eigenvalue weighted by atomic mass is 10.2. The van der Waals surface area contributed by atoms with E-state index in [-0.39, 0.29) is 15.6 Å². The van der Waals surface area contributed by atoms with Crippen molar-refractivity contribution >= 4 is 33.2 Å². The maximum absolute atomic E-state index is 12.7. The Hall–Kier alpha value is -1.90. The van der Waals surface area contributed by atoms with Gasteiger partial charge in [0.25, 0.3) is 5.91 Å². The number of hydrogen-bond donors (Lipinski definition) is 2. The third kappa shape index (κ3) is 3.77. The maximum atomic E-state index is 12.7. The van der Waals surface area contributed by atoms with Crippen molar-refractivity contribution < 1.29 is 13.2 Å². The van der Waals surface area contributed by atoms with Gasteiger partial charge in [-0.25, -0.2) is 8.42 Å². The summed E-state index contributed by atoms with van der Waals surface area (Å²) in [4.78, 5) is 12.3. The van der Waals surface area contributed by atoms with E-state index in [0.29, 0.717) is 24.7 Å². The second kappa shape index (κ2) is 7.38. The summed E-state index contributed by atoms with van der Waals surface area (Å²) in [5.74, 6) is 0.0621. The Bertz CT molecular complexity index is 918. The van der Waals surface area contributed by atoms with Crippen LogP contribution in [0.2, 0.25) is 5.02 Å². The molecular weight excluding hydrogens is 376 g/mol. The van der Waals surface area contributed by atoms with Crippen molar-refractivity contribution in [2.24, 2.45) is 0 Å². The first kappa shape index (κ1) is 18.9. The average Bonchev–Trinajstić information content (AvgIpc) is 3.34. The van der Waals surface area contributed by atoms with Crippen molar-refractivity contribution in [2.45, 2.75) is 37.5 Å². The van der Waals surface area contributed by atoms with Crippen molar-refractivity contribution in [3.63, 3.8) is 0 Å². The first-order chi connectivity index (χ1) is 12.4. The Morgan fingerprint density at radius 2 is 2.00 bits per heavy atom. The molecule has 0 unspecified atom stereocenters. The fourth-order valence-corrected chi connectivity index (χ4v) is 4.69. The summed E-state index contributed by atoms with van der Waals surface area (Å²) in [7, 11) is -3.73. The molecule has 0 bridgehead atoms. The SMILES string of the molecule is CCN(CC)S(=O)(=O)c1cc(NC(=O)c2cc(C3CC3)[nH]n2)ccc1Cl. The van der Waals surface area contributed by atoms with E-state index in [1.807, 2.05) is 0 Å². The van der Waals surface area contributed by atoms with Crippen LogP contribution in [-0.2, 0) is 10.0 Å². The zero-order chi connectivity index (χ0) is 18.9. The van der Waals surface area contributed by atoms with E-state index >= 15 is 0 Å². The van der Waals surface area contributed by atoms with E-state index in [4.69, 9.17) is 11.6 Å². The standard InChI is InChI=1S/C17H21ClN4O3S/c1-3-22(4-2)26(24,25)16-9-12(7-8-13(16)18)19-17(23)15-10-14(20-21-15)11-5-6-11/h7-11H,3-6H2,1-2H3,(H,19,23)(H,20,21). The summed E-state index contributed by atoms with van der Waals surface area (Å²) in [6, 6.07) is 6.14. The Kier molecular flexibility index (Phi) is 5.36. The van der Waals surface area contributed by atoms with Gasteiger partial charge < -0.3 is 5.32 Å². The number of benzene rings is 1. The molecule has 26 heavy (non-hydrogen) atoms. The first-order valence-corrected chi connectivity index (χ1v) is 10.3. The van der Waals surface area contributed by atoms with Gasteiger partial charge in [-0.05, 0) is 37.1 Å². The minimum atomic E-state index is -3.73. The van der Waals surface area contributed by atoms with Crippen molar-refractivity contribution in [3.05, 3.63) is 40.7 Å². The molecule has 0 atom stereocenters. The molecule has 1 aliphatic rings. The molecule has 1 fully saturated rings. The van der Waals surface area contributed by atoms with E-state index in [2.05, 4.69) is 15.5 Å². The largest absolute Gasteiger partial charge is 0.321 e. The van der Waals surface area contributed by atoms with Crippen LogP contribution in [0.5, 0.6) is 0 Å². The van der Waals surface area contributed by atoms with Gasteiger partial charge in [-0.15, -0.1) is 0 Å². The van der Waals surface area contributed by atoms with E-state index in [9.17, 15) is 13.2 Å². The fourth-order valence-electron chi connectivity index (χ4n) is 2.73. The third-order valence-electron chi connectivity index (χ3n) is 4.36. The molecule has 7 nitrogen and oxygen atoms in total. The Labute approximate surface area is 157 Å². The summed E-state index contributed by atoms with van der Waals surface area (Å²) < 4.78 is 26.8. The zero-order valence-electron chi connectivity index (χ0n) is 14.6. The van der Waals surface area contributed by atoms with Crippen molar-refractivity contribution in [2.75, 3.05) is 18.4 Å². The molecule has 0 saturated heterocycles. The van der Waals surface area contributed by atoms with Gasteiger partial charge in [-0.1, -0.05) is 25.4 Å². The highest BCUT2D eigenvalue weighted by atomic mass is 35.5. The number of aromatic nitrogens is 2. The molecule has 0 aliphatic heterocycles. The van der Waals surface area contributed by atoms with Gasteiger partial charge >= 0.3 is 0 Å². The molecule has 2 aromatic rings. The Balaban J connectivity index is 1.83.